The van der Waals surface area contributed by atoms with Gasteiger partial charge in [0, 0.05) is 0 Å². The van der Waals surface area contributed by atoms with Crippen LogP contribution in [0.2, 0.25) is 0 Å². The fourth-order valence-electron chi connectivity index (χ4n) is 2.31. The Hall–Kier alpha value is -3.19. The molecule has 0 radical (unpaired) electrons. The highest BCUT2D eigenvalue weighted by atomic mass is 32.1. The zero-order chi connectivity index (χ0) is 17.2. The summed E-state index contributed by atoms with van der Waals surface area (Å²) in [5.41, 5.74) is 0.705. The van der Waals surface area contributed by atoms with Gasteiger partial charge in [-0.25, -0.2) is 0 Å². The Morgan fingerprint density at radius 3 is 2.80 bits per heavy atom. The number of benzene rings is 1. The van der Waals surface area contributed by atoms with Crippen molar-refractivity contribution in [2.24, 2.45) is 0 Å². The summed E-state index contributed by atoms with van der Waals surface area (Å²) in [5.74, 6) is 1.70. The summed E-state index contributed by atoms with van der Waals surface area (Å²) in [4.78, 5) is 17.4. The summed E-state index contributed by atoms with van der Waals surface area (Å²) in [6.45, 7) is 4.07. The van der Waals surface area contributed by atoms with Crippen LogP contribution in [-0.2, 0) is 0 Å². The van der Waals surface area contributed by atoms with Crippen molar-refractivity contribution >= 4 is 22.4 Å². The molecule has 25 heavy (non-hydrogen) atoms. The Kier molecular flexibility index (Phi) is 3.91. The molecule has 0 spiro atoms. The Balaban J connectivity index is 1.68. The number of rotatable bonds is 5. The first-order chi connectivity index (χ1) is 12.2. The van der Waals surface area contributed by atoms with Crippen LogP contribution in [0.3, 0.4) is 0 Å². The first-order valence-electron chi connectivity index (χ1n) is 7.53. The van der Waals surface area contributed by atoms with Crippen molar-refractivity contribution in [1.82, 2.24) is 14.6 Å². The maximum absolute atomic E-state index is 12.5. The summed E-state index contributed by atoms with van der Waals surface area (Å²) in [6, 6.07) is 11.0. The van der Waals surface area contributed by atoms with Crippen LogP contribution >= 0.6 is 11.3 Å². The minimum Gasteiger partial charge on any atom is -0.490 e. The predicted octanol–water partition coefficient (Wildman–Crippen LogP) is 2.52. The molecule has 0 atom stereocenters. The smallest absolute Gasteiger partial charge is 0.291 e. The summed E-state index contributed by atoms with van der Waals surface area (Å²) in [7, 11) is 0. The van der Waals surface area contributed by atoms with Crippen LogP contribution in [0.15, 0.2) is 64.5 Å². The number of nitrogens with zero attached hydrogens (tertiary/aromatic N) is 3. The highest BCUT2D eigenvalue weighted by Crippen LogP contribution is 2.17. The average Bonchev–Trinajstić information content (AvgIpc) is 3.33. The van der Waals surface area contributed by atoms with E-state index in [1.165, 1.54) is 15.9 Å². The number of fused-ring (bicyclic) bond motifs is 1. The molecule has 0 saturated heterocycles. The standard InChI is InChI=1S/C18H13N3O3S/c1-2-9-23-13-7-5-12(6-8-13)11-15-17(22)21-18(25-15)19-16(20-21)14-4-3-10-24-14/h2-8,10-11H,1,9H2/b15-11-. The van der Waals surface area contributed by atoms with E-state index in [1.807, 2.05) is 30.3 Å². The summed E-state index contributed by atoms with van der Waals surface area (Å²) >= 11 is 1.29. The third-order valence-electron chi connectivity index (χ3n) is 3.47. The fourth-order valence-corrected chi connectivity index (χ4v) is 3.22. The van der Waals surface area contributed by atoms with E-state index in [1.54, 1.807) is 24.5 Å². The van der Waals surface area contributed by atoms with Gasteiger partial charge in [-0.1, -0.05) is 36.1 Å². The minimum atomic E-state index is -0.197. The van der Waals surface area contributed by atoms with E-state index in [0.29, 0.717) is 27.7 Å². The average molecular weight is 351 g/mol. The molecule has 0 fully saturated rings. The largest absolute Gasteiger partial charge is 0.490 e. The maximum atomic E-state index is 12.5. The molecule has 3 heterocycles. The zero-order valence-electron chi connectivity index (χ0n) is 13.1. The van der Waals surface area contributed by atoms with Crippen molar-refractivity contribution in [3.8, 4) is 17.3 Å². The molecular formula is C18H13N3O3S. The molecule has 0 unspecified atom stereocenters. The number of furan rings is 1. The van der Waals surface area contributed by atoms with E-state index in [-0.39, 0.29) is 5.56 Å². The van der Waals surface area contributed by atoms with Crippen LogP contribution in [0.25, 0.3) is 22.6 Å². The van der Waals surface area contributed by atoms with Gasteiger partial charge in [0.1, 0.15) is 12.4 Å². The molecule has 4 rings (SSSR count). The predicted molar refractivity (Wildman–Crippen MR) is 95.8 cm³/mol. The molecule has 0 amide bonds. The Bertz CT molecular complexity index is 1130. The van der Waals surface area contributed by atoms with Gasteiger partial charge in [0.25, 0.3) is 5.56 Å². The van der Waals surface area contributed by atoms with E-state index >= 15 is 0 Å². The van der Waals surface area contributed by atoms with E-state index in [9.17, 15) is 4.79 Å². The minimum absolute atomic E-state index is 0.197. The molecule has 0 bridgehead atoms. The number of thiazole rings is 1. The van der Waals surface area contributed by atoms with Crippen LogP contribution in [0, 0.1) is 0 Å². The van der Waals surface area contributed by atoms with Crippen LogP contribution in [-0.4, -0.2) is 21.2 Å². The molecule has 1 aromatic carbocycles. The van der Waals surface area contributed by atoms with Gasteiger partial charge in [-0.2, -0.15) is 9.50 Å². The highest BCUT2D eigenvalue weighted by Gasteiger charge is 2.13. The third-order valence-corrected chi connectivity index (χ3v) is 4.43. The second-order valence-electron chi connectivity index (χ2n) is 5.19. The van der Waals surface area contributed by atoms with E-state index in [4.69, 9.17) is 9.15 Å². The lowest BCUT2D eigenvalue weighted by Gasteiger charge is -2.02. The molecule has 0 aliphatic rings. The third kappa shape index (κ3) is 2.97. The fraction of sp³-hybridized carbons (Fsp3) is 0.0556. The van der Waals surface area contributed by atoms with Crippen molar-refractivity contribution < 1.29 is 9.15 Å². The van der Waals surface area contributed by atoms with Gasteiger partial charge in [0.05, 0.1) is 10.8 Å². The lowest BCUT2D eigenvalue weighted by Crippen LogP contribution is -2.23. The monoisotopic (exact) mass is 351 g/mol. The molecule has 6 nitrogen and oxygen atoms in total. The Morgan fingerprint density at radius 2 is 2.12 bits per heavy atom. The van der Waals surface area contributed by atoms with Crippen LogP contribution < -0.4 is 14.8 Å². The first kappa shape index (κ1) is 15.3. The van der Waals surface area contributed by atoms with Crippen LogP contribution in [0.5, 0.6) is 5.75 Å². The maximum Gasteiger partial charge on any atom is 0.291 e. The van der Waals surface area contributed by atoms with Gasteiger partial charge in [-0.3, -0.25) is 4.79 Å². The molecule has 4 aromatic rings. The van der Waals surface area contributed by atoms with E-state index < -0.39 is 0 Å². The molecule has 0 N–H and O–H groups in total. The molecule has 0 aliphatic heterocycles. The zero-order valence-corrected chi connectivity index (χ0v) is 13.9. The summed E-state index contributed by atoms with van der Waals surface area (Å²) < 4.78 is 12.6. The Labute approximate surface area is 146 Å². The summed E-state index contributed by atoms with van der Waals surface area (Å²) in [6.07, 6.45) is 5.05. The summed E-state index contributed by atoms with van der Waals surface area (Å²) in [5, 5.41) is 4.23. The molecule has 124 valence electrons. The van der Waals surface area contributed by atoms with Crippen molar-refractivity contribution in [1.29, 1.82) is 0 Å². The lowest BCUT2D eigenvalue weighted by atomic mass is 10.2. The van der Waals surface area contributed by atoms with Crippen molar-refractivity contribution in [3.05, 3.63) is 75.8 Å². The number of hydrogen-bond donors (Lipinski definition) is 0. The molecule has 3 aromatic heterocycles. The van der Waals surface area contributed by atoms with Gasteiger partial charge in [-0.15, -0.1) is 5.10 Å². The van der Waals surface area contributed by atoms with Crippen molar-refractivity contribution in [2.75, 3.05) is 6.61 Å². The highest BCUT2D eigenvalue weighted by molar-refractivity contribution is 7.15. The lowest BCUT2D eigenvalue weighted by molar-refractivity contribution is 0.363. The number of aromatic nitrogens is 3. The topological polar surface area (TPSA) is 69.6 Å². The van der Waals surface area contributed by atoms with Gasteiger partial charge in [-0.05, 0) is 35.9 Å². The van der Waals surface area contributed by atoms with Gasteiger partial charge >= 0.3 is 0 Å². The molecule has 0 saturated carbocycles. The van der Waals surface area contributed by atoms with Crippen molar-refractivity contribution in [3.63, 3.8) is 0 Å². The van der Waals surface area contributed by atoms with Gasteiger partial charge < -0.3 is 9.15 Å². The number of ether oxygens (including phenoxy) is 1. The SMILES string of the molecule is C=CCOc1ccc(/C=c2\sc3nc(-c4ccco4)nn3c2=O)cc1. The first-order valence-corrected chi connectivity index (χ1v) is 8.35. The molecular weight excluding hydrogens is 338 g/mol. The second-order valence-corrected chi connectivity index (χ2v) is 6.20. The normalized spacial score (nSPS) is 11.9. The molecule has 0 aliphatic carbocycles. The van der Waals surface area contributed by atoms with Crippen LogP contribution in [0.1, 0.15) is 5.56 Å². The van der Waals surface area contributed by atoms with Crippen molar-refractivity contribution in [2.45, 2.75) is 0 Å². The van der Waals surface area contributed by atoms with E-state index in [0.717, 1.165) is 11.3 Å². The number of hydrogen-bond acceptors (Lipinski definition) is 6. The van der Waals surface area contributed by atoms with Gasteiger partial charge in [0.15, 0.2) is 5.76 Å². The van der Waals surface area contributed by atoms with Gasteiger partial charge in [0.2, 0.25) is 10.8 Å². The second kappa shape index (κ2) is 6.37. The van der Waals surface area contributed by atoms with Crippen LogP contribution in [0.4, 0.5) is 0 Å². The quantitative estimate of drug-likeness (QED) is 0.517. The molecule has 7 heteroatoms. The van der Waals surface area contributed by atoms with E-state index in [2.05, 4.69) is 16.7 Å². The Morgan fingerprint density at radius 1 is 1.28 bits per heavy atom.